The lowest BCUT2D eigenvalue weighted by Crippen LogP contribution is -2.17. The molecule has 3 nitrogen and oxygen atoms in total. The lowest BCUT2D eigenvalue weighted by molar-refractivity contribution is -0.137. The van der Waals surface area contributed by atoms with Crippen molar-refractivity contribution >= 4 is 23.4 Å². The number of hydrogen-bond acceptors (Lipinski definition) is 3. The number of para-hydroxylation sites is 1. The summed E-state index contributed by atoms with van der Waals surface area (Å²) >= 11 is 1.72. The van der Waals surface area contributed by atoms with Gasteiger partial charge in [0.1, 0.15) is 0 Å². The first-order valence-electron chi connectivity index (χ1n) is 5.94. The van der Waals surface area contributed by atoms with Gasteiger partial charge >= 0.3 is 5.97 Å². The molecule has 0 amide bonds. The molecule has 4 heteroatoms. The second-order valence-corrected chi connectivity index (χ2v) is 5.14. The van der Waals surface area contributed by atoms with Gasteiger partial charge in [-0.05, 0) is 25.5 Å². The Kier molecular flexibility index (Phi) is 6.36. The molecular weight excluding hydrogens is 246 g/mol. The van der Waals surface area contributed by atoms with Crippen LogP contribution in [0.15, 0.2) is 41.8 Å². The summed E-state index contributed by atoms with van der Waals surface area (Å²) in [4.78, 5) is 11.7. The van der Waals surface area contributed by atoms with Gasteiger partial charge in [-0.2, -0.15) is 0 Å². The lowest BCUT2D eigenvalue weighted by Gasteiger charge is -2.17. The molecule has 1 unspecified atom stereocenters. The zero-order valence-corrected chi connectivity index (χ0v) is 11.4. The number of hydrogen-bond donors (Lipinski definition) is 2. The van der Waals surface area contributed by atoms with Crippen molar-refractivity contribution in [3.05, 3.63) is 36.9 Å². The van der Waals surface area contributed by atoms with Crippen molar-refractivity contribution in [1.29, 1.82) is 0 Å². The summed E-state index contributed by atoms with van der Waals surface area (Å²) in [7, 11) is 0. The van der Waals surface area contributed by atoms with Gasteiger partial charge in [0.2, 0.25) is 0 Å². The van der Waals surface area contributed by atoms with E-state index in [2.05, 4.69) is 18.0 Å². The van der Waals surface area contributed by atoms with Crippen LogP contribution < -0.4 is 5.32 Å². The normalized spacial score (nSPS) is 11.8. The van der Waals surface area contributed by atoms with Crippen molar-refractivity contribution in [3.63, 3.8) is 0 Å². The Morgan fingerprint density at radius 3 is 2.94 bits per heavy atom. The number of carbonyl (C=O) groups is 1. The highest BCUT2D eigenvalue weighted by Gasteiger charge is 2.07. The van der Waals surface area contributed by atoms with E-state index in [0.29, 0.717) is 6.42 Å². The van der Waals surface area contributed by atoms with Crippen LogP contribution in [-0.2, 0) is 4.79 Å². The minimum Gasteiger partial charge on any atom is -0.481 e. The summed E-state index contributed by atoms with van der Waals surface area (Å²) in [6, 6.07) is 8.19. The monoisotopic (exact) mass is 265 g/mol. The van der Waals surface area contributed by atoms with Gasteiger partial charge in [0.25, 0.3) is 0 Å². The van der Waals surface area contributed by atoms with Crippen LogP contribution in [0.4, 0.5) is 5.69 Å². The molecule has 0 bridgehead atoms. The van der Waals surface area contributed by atoms with Gasteiger partial charge in [-0.15, -0.1) is 18.3 Å². The third-order valence-electron chi connectivity index (χ3n) is 2.44. The molecule has 0 saturated carbocycles. The minimum absolute atomic E-state index is 0.145. The molecule has 18 heavy (non-hydrogen) atoms. The van der Waals surface area contributed by atoms with E-state index in [-0.39, 0.29) is 12.5 Å². The van der Waals surface area contributed by atoms with Crippen LogP contribution in [0.1, 0.15) is 19.8 Å². The highest BCUT2D eigenvalue weighted by molar-refractivity contribution is 7.99. The quantitative estimate of drug-likeness (QED) is 0.556. The Morgan fingerprint density at radius 1 is 1.56 bits per heavy atom. The minimum atomic E-state index is -0.752. The van der Waals surface area contributed by atoms with Crippen molar-refractivity contribution in [3.8, 4) is 0 Å². The fraction of sp³-hybridized carbons (Fsp3) is 0.357. The topological polar surface area (TPSA) is 49.3 Å². The van der Waals surface area contributed by atoms with Crippen LogP contribution in [0.25, 0.3) is 0 Å². The molecule has 1 rings (SSSR count). The molecular formula is C14H19NO2S. The van der Waals surface area contributed by atoms with Crippen molar-refractivity contribution in [2.45, 2.75) is 30.7 Å². The predicted molar refractivity (Wildman–Crippen MR) is 77.3 cm³/mol. The van der Waals surface area contributed by atoms with Gasteiger partial charge < -0.3 is 10.4 Å². The smallest absolute Gasteiger partial charge is 0.303 e. The Labute approximate surface area is 112 Å². The molecule has 0 saturated heterocycles. The van der Waals surface area contributed by atoms with E-state index in [4.69, 9.17) is 5.11 Å². The number of benzene rings is 1. The molecule has 98 valence electrons. The summed E-state index contributed by atoms with van der Waals surface area (Å²) in [6.07, 6.45) is 2.68. The van der Waals surface area contributed by atoms with Crippen LogP contribution in [-0.4, -0.2) is 22.9 Å². The van der Waals surface area contributed by atoms with Gasteiger partial charge in [-0.3, -0.25) is 4.79 Å². The average Bonchev–Trinajstić information content (AvgIpc) is 2.35. The summed E-state index contributed by atoms with van der Waals surface area (Å²) < 4.78 is 0. The maximum atomic E-state index is 10.5. The number of carboxylic acids is 1. The molecule has 0 aliphatic rings. The van der Waals surface area contributed by atoms with Crippen LogP contribution >= 0.6 is 11.8 Å². The van der Waals surface area contributed by atoms with Crippen LogP contribution in [0, 0.1) is 0 Å². The Bertz CT molecular complexity index is 407. The standard InChI is InChI=1S/C14H19NO2S/c1-3-10-18-13-7-5-4-6-12(13)15-11(2)8-9-14(16)17/h3-7,11,15H,1,8-10H2,2H3,(H,16,17). The van der Waals surface area contributed by atoms with Crippen LogP contribution in [0.3, 0.4) is 0 Å². The van der Waals surface area contributed by atoms with Gasteiger partial charge in [0.15, 0.2) is 0 Å². The molecule has 1 aromatic rings. The third-order valence-corrected chi connectivity index (χ3v) is 3.51. The third kappa shape index (κ3) is 5.27. The maximum absolute atomic E-state index is 10.5. The first-order valence-corrected chi connectivity index (χ1v) is 6.93. The molecule has 1 aromatic carbocycles. The molecule has 0 radical (unpaired) electrons. The maximum Gasteiger partial charge on any atom is 0.303 e. The number of aliphatic carboxylic acids is 1. The number of rotatable bonds is 8. The fourth-order valence-corrected chi connectivity index (χ4v) is 2.29. The molecule has 0 aromatic heterocycles. The van der Waals surface area contributed by atoms with Crippen molar-refractivity contribution in [2.24, 2.45) is 0 Å². The molecule has 2 N–H and O–H groups in total. The number of anilines is 1. The van der Waals surface area contributed by atoms with Crippen molar-refractivity contribution in [2.75, 3.05) is 11.1 Å². The zero-order chi connectivity index (χ0) is 13.4. The number of thioether (sulfide) groups is 1. The second kappa shape index (κ2) is 7.82. The molecule has 0 spiro atoms. The molecule has 0 aliphatic carbocycles. The summed E-state index contributed by atoms with van der Waals surface area (Å²) in [5.74, 6) is 0.111. The first kappa shape index (κ1) is 14.6. The Balaban J connectivity index is 2.59. The molecule has 0 heterocycles. The summed E-state index contributed by atoms with van der Waals surface area (Å²) in [5.41, 5.74) is 1.06. The molecule has 0 fully saturated rings. The largest absolute Gasteiger partial charge is 0.481 e. The van der Waals surface area contributed by atoms with Gasteiger partial charge in [-0.1, -0.05) is 18.2 Å². The molecule has 0 aliphatic heterocycles. The van der Waals surface area contributed by atoms with E-state index in [1.165, 1.54) is 4.90 Å². The Morgan fingerprint density at radius 2 is 2.28 bits per heavy atom. The van der Waals surface area contributed by atoms with E-state index in [9.17, 15) is 4.79 Å². The van der Waals surface area contributed by atoms with E-state index < -0.39 is 5.97 Å². The highest BCUT2D eigenvalue weighted by Crippen LogP contribution is 2.27. The number of nitrogens with one attached hydrogen (secondary N) is 1. The van der Waals surface area contributed by atoms with Gasteiger partial charge in [0.05, 0.1) is 0 Å². The van der Waals surface area contributed by atoms with Crippen LogP contribution in [0.2, 0.25) is 0 Å². The molecule has 1 atom stereocenters. The first-order chi connectivity index (χ1) is 8.63. The van der Waals surface area contributed by atoms with Crippen molar-refractivity contribution in [1.82, 2.24) is 0 Å². The van der Waals surface area contributed by atoms with Crippen molar-refractivity contribution < 1.29 is 9.90 Å². The van der Waals surface area contributed by atoms with E-state index in [1.807, 2.05) is 31.2 Å². The summed E-state index contributed by atoms with van der Waals surface area (Å²) in [6.45, 7) is 5.71. The summed E-state index contributed by atoms with van der Waals surface area (Å²) in [5, 5.41) is 12.0. The fourth-order valence-electron chi connectivity index (χ4n) is 1.54. The average molecular weight is 265 g/mol. The zero-order valence-electron chi connectivity index (χ0n) is 10.6. The lowest BCUT2D eigenvalue weighted by atomic mass is 10.1. The Hall–Kier alpha value is -1.42. The van der Waals surface area contributed by atoms with Crippen LogP contribution in [0.5, 0.6) is 0 Å². The van der Waals surface area contributed by atoms with E-state index in [0.717, 1.165) is 11.4 Å². The second-order valence-electron chi connectivity index (χ2n) is 4.07. The van der Waals surface area contributed by atoms with Gasteiger partial charge in [0, 0.05) is 28.8 Å². The van der Waals surface area contributed by atoms with E-state index in [1.54, 1.807) is 11.8 Å². The SMILES string of the molecule is C=CCSc1ccccc1NC(C)CCC(=O)O. The predicted octanol–water partition coefficient (Wildman–Crippen LogP) is 3.63. The number of carboxylic acid groups (broad SMARTS) is 1. The highest BCUT2D eigenvalue weighted by atomic mass is 32.2. The van der Waals surface area contributed by atoms with Gasteiger partial charge in [-0.25, -0.2) is 0 Å². The van der Waals surface area contributed by atoms with E-state index >= 15 is 0 Å².